The van der Waals surface area contributed by atoms with Gasteiger partial charge in [0.25, 0.3) is 5.91 Å². The van der Waals surface area contributed by atoms with Gasteiger partial charge >= 0.3 is 0 Å². The Bertz CT molecular complexity index is 1400. The van der Waals surface area contributed by atoms with Gasteiger partial charge < -0.3 is 10.2 Å². The number of anilines is 3. The highest BCUT2D eigenvalue weighted by Gasteiger charge is 2.35. The maximum atomic E-state index is 13.2. The molecule has 194 valence electrons. The summed E-state index contributed by atoms with van der Waals surface area (Å²) >= 11 is 0. The largest absolute Gasteiger partial charge is 0.336 e. The number of hydrogen-bond acceptors (Lipinski definition) is 8. The van der Waals surface area contributed by atoms with Gasteiger partial charge in [-0.2, -0.15) is 0 Å². The van der Waals surface area contributed by atoms with Gasteiger partial charge in [-0.25, -0.2) is 23.4 Å². The average Bonchev–Trinajstić information content (AvgIpc) is 3.29. The fraction of sp³-hybridized carbons (Fsp3) is 0.385. The van der Waals surface area contributed by atoms with Crippen LogP contribution in [0.4, 0.5) is 17.5 Å². The van der Waals surface area contributed by atoms with Crippen molar-refractivity contribution in [1.82, 2.24) is 24.8 Å². The van der Waals surface area contributed by atoms with E-state index >= 15 is 0 Å². The molecule has 1 amide bonds. The topological polar surface area (TPSA) is 120 Å². The number of rotatable bonds is 6. The van der Waals surface area contributed by atoms with E-state index in [9.17, 15) is 13.2 Å². The lowest BCUT2D eigenvalue weighted by Gasteiger charge is -2.41. The Morgan fingerprint density at radius 1 is 1.08 bits per heavy atom. The Balaban J connectivity index is 1.21. The molecule has 0 saturated carbocycles. The molecular formula is C26H31N7O3S. The molecule has 10 nitrogen and oxygen atoms in total. The van der Waals surface area contributed by atoms with Crippen LogP contribution in [0.5, 0.6) is 0 Å². The Labute approximate surface area is 218 Å². The second-order valence-electron chi connectivity index (χ2n) is 9.82. The summed E-state index contributed by atoms with van der Waals surface area (Å²) in [4.78, 5) is 30.7. The zero-order valence-corrected chi connectivity index (χ0v) is 22.0. The molecule has 2 atom stereocenters. The number of aromatic nitrogens is 3. The van der Waals surface area contributed by atoms with Gasteiger partial charge in [-0.15, -0.1) is 0 Å². The van der Waals surface area contributed by atoms with Crippen molar-refractivity contribution >= 4 is 34.3 Å². The van der Waals surface area contributed by atoms with Gasteiger partial charge in [0.1, 0.15) is 5.82 Å². The van der Waals surface area contributed by atoms with E-state index in [1.807, 2.05) is 17.2 Å². The molecule has 0 spiro atoms. The van der Waals surface area contributed by atoms with Crippen LogP contribution in [0.1, 0.15) is 52.5 Å². The van der Waals surface area contributed by atoms with Crippen molar-refractivity contribution in [3.05, 3.63) is 70.7 Å². The minimum Gasteiger partial charge on any atom is -0.336 e. The minimum atomic E-state index is -2.84. The molecule has 5 rings (SSSR count). The van der Waals surface area contributed by atoms with E-state index in [0.717, 1.165) is 42.9 Å². The molecule has 1 saturated heterocycles. The van der Waals surface area contributed by atoms with Crippen LogP contribution in [0.15, 0.2) is 42.7 Å². The normalized spacial score (nSPS) is 19.6. The smallest absolute Gasteiger partial charge is 0.254 e. The van der Waals surface area contributed by atoms with Crippen LogP contribution in [0.2, 0.25) is 0 Å². The highest BCUT2D eigenvalue weighted by Crippen LogP contribution is 2.31. The number of fused-ring (bicyclic) bond motifs is 1. The van der Waals surface area contributed by atoms with E-state index in [-0.39, 0.29) is 17.8 Å². The summed E-state index contributed by atoms with van der Waals surface area (Å²) in [6.07, 6.45) is 5.06. The number of pyridine rings is 1. The van der Waals surface area contributed by atoms with E-state index in [2.05, 4.69) is 57.8 Å². The fourth-order valence-corrected chi connectivity index (χ4v) is 5.42. The SMILES string of the molecule is Cc1ccc(Nc2ncc3c(n2)CN([C@H]2CCN(C(=O)c4ccnc(N[SH](=O)=O)c4)[C@H](C)C2)C3)cc1C. The first-order valence-corrected chi connectivity index (χ1v) is 13.6. The quantitative estimate of drug-likeness (QED) is 0.423. The first-order chi connectivity index (χ1) is 17.8. The monoisotopic (exact) mass is 521 g/mol. The van der Waals surface area contributed by atoms with Gasteiger partial charge in [-0.05, 0) is 69.0 Å². The maximum absolute atomic E-state index is 13.2. The molecular weight excluding hydrogens is 490 g/mol. The minimum absolute atomic E-state index is 0.0452. The Kier molecular flexibility index (Phi) is 7.07. The number of nitrogens with one attached hydrogen (secondary N) is 2. The molecule has 2 aliphatic rings. The predicted molar refractivity (Wildman–Crippen MR) is 142 cm³/mol. The summed E-state index contributed by atoms with van der Waals surface area (Å²) in [5.74, 6) is 0.632. The van der Waals surface area contributed by atoms with Crippen molar-refractivity contribution in [2.45, 2.75) is 58.8 Å². The van der Waals surface area contributed by atoms with E-state index in [4.69, 9.17) is 4.98 Å². The number of benzene rings is 1. The van der Waals surface area contributed by atoms with Crippen LogP contribution in [-0.2, 0) is 24.0 Å². The van der Waals surface area contributed by atoms with Gasteiger partial charge in [0.2, 0.25) is 16.8 Å². The van der Waals surface area contributed by atoms with Crippen LogP contribution in [0.3, 0.4) is 0 Å². The number of likely N-dealkylation sites (tertiary alicyclic amines) is 1. The van der Waals surface area contributed by atoms with Crippen LogP contribution in [0.25, 0.3) is 0 Å². The molecule has 0 unspecified atom stereocenters. The summed E-state index contributed by atoms with van der Waals surface area (Å²) < 4.78 is 24.1. The predicted octanol–water partition coefficient (Wildman–Crippen LogP) is 3.18. The summed E-state index contributed by atoms with van der Waals surface area (Å²) in [6.45, 7) is 8.44. The van der Waals surface area contributed by atoms with Crippen molar-refractivity contribution in [2.24, 2.45) is 0 Å². The van der Waals surface area contributed by atoms with E-state index < -0.39 is 10.9 Å². The average molecular weight is 522 g/mol. The first-order valence-electron chi connectivity index (χ1n) is 12.4. The Morgan fingerprint density at radius 3 is 2.68 bits per heavy atom. The molecule has 4 heterocycles. The van der Waals surface area contributed by atoms with E-state index in [0.29, 0.717) is 24.1 Å². The number of carbonyl (C=O) groups is 1. The highest BCUT2D eigenvalue weighted by molar-refractivity contribution is 7.73. The zero-order valence-electron chi connectivity index (χ0n) is 21.1. The van der Waals surface area contributed by atoms with E-state index in [1.165, 1.54) is 23.4 Å². The van der Waals surface area contributed by atoms with Crippen molar-refractivity contribution < 1.29 is 13.2 Å². The van der Waals surface area contributed by atoms with E-state index in [1.54, 1.807) is 6.07 Å². The standard InChI is InChI=1S/C26H31N7O3S/c1-16-4-5-21(10-17(16)2)29-26-28-13-20-14-32(15-23(20)30-26)22-7-9-33(18(3)11-22)25(34)19-6-8-27-24(12-19)31-37(35)36/h4-6,8,10,12-13,18,22,37H,7,9,11,14-15H2,1-3H3,(H,28,29,30)(H,27,31,35,36)/t18-,22+/m1/s1. The molecule has 1 fully saturated rings. The summed E-state index contributed by atoms with van der Waals surface area (Å²) in [5, 5.41) is 3.32. The van der Waals surface area contributed by atoms with Gasteiger partial charge in [0, 0.05) is 60.9 Å². The summed E-state index contributed by atoms with van der Waals surface area (Å²) in [7, 11) is -2.84. The maximum Gasteiger partial charge on any atom is 0.254 e. The molecule has 2 aliphatic heterocycles. The van der Waals surface area contributed by atoms with Crippen molar-refractivity contribution in [2.75, 3.05) is 16.6 Å². The van der Waals surface area contributed by atoms with Crippen molar-refractivity contribution in [3.63, 3.8) is 0 Å². The molecule has 3 aromatic rings. The second-order valence-corrected chi connectivity index (χ2v) is 10.6. The highest BCUT2D eigenvalue weighted by atomic mass is 32.2. The van der Waals surface area contributed by atoms with Gasteiger partial charge in [0.05, 0.1) is 5.69 Å². The third-order valence-corrected chi connectivity index (χ3v) is 7.69. The Morgan fingerprint density at radius 2 is 1.92 bits per heavy atom. The number of nitrogens with zero attached hydrogens (tertiary/aromatic N) is 5. The lowest BCUT2D eigenvalue weighted by Crippen LogP contribution is -2.50. The molecule has 2 aromatic heterocycles. The summed E-state index contributed by atoms with van der Waals surface area (Å²) in [5.41, 5.74) is 6.05. The summed E-state index contributed by atoms with van der Waals surface area (Å²) in [6, 6.07) is 9.70. The zero-order chi connectivity index (χ0) is 26.1. The number of thiol groups is 1. The fourth-order valence-electron chi connectivity index (χ4n) is 5.11. The molecule has 0 bridgehead atoms. The number of aryl methyl sites for hydroxylation is 2. The number of amides is 1. The van der Waals surface area contributed by atoms with Crippen molar-refractivity contribution in [1.29, 1.82) is 0 Å². The number of carbonyl (C=O) groups excluding carboxylic acids is 1. The van der Waals surface area contributed by atoms with Crippen molar-refractivity contribution in [3.8, 4) is 0 Å². The van der Waals surface area contributed by atoms with Crippen LogP contribution < -0.4 is 10.0 Å². The molecule has 0 radical (unpaired) electrons. The molecule has 2 N–H and O–H groups in total. The van der Waals surface area contributed by atoms with Gasteiger partial charge in [-0.3, -0.25) is 14.4 Å². The van der Waals surface area contributed by atoms with Gasteiger partial charge in [0.15, 0.2) is 0 Å². The lowest BCUT2D eigenvalue weighted by atomic mass is 9.96. The van der Waals surface area contributed by atoms with Crippen LogP contribution in [-0.4, -0.2) is 57.7 Å². The molecule has 37 heavy (non-hydrogen) atoms. The lowest BCUT2D eigenvalue weighted by molar-refractivity contribution is 0.0460. The number of piperidine rings is 1. The molecule has 11 heteroatoms. The number of hydrogen-bond donors (Lipinski definition) is 3. The third kappa shape index (κ3) is 5.57. The Hall–Kier alpha value is -3.57. The third-order valence-electron chi connectivity index (χ3n) is 7.28. The van der Waals surface area contributed by atoms with Crippen LogP contribution >= 0.6 is 0 Å². The molecule has 1 aromatic carbocycles. The second kappa shape index (κ2) is 10.4. The van der Waals surface area contributed by atoms with Crippen LogP contribution in [0, 0.1) is 13.8 Å². The molecule has 0 aliphatic carbocycles. The van der Waals surface area contributed by atoms with Gasteiger partial charge in [-0.1, -0.05) is 6.07 Å². The first kappa shape index (κ1) is 25.1.